The molecular formula is C14H18ClN2O2. The number of nitrogens with one attached hydrogen (secondary N) is 1. The number of alkyl halides is 1. The van der Waals surface area contributed by atoms with E-state index in [9.17, 15) is 4.79 Å². The molecule has 19 heavy (non-hydrogen) atoms. The summed E-state index contributed by atoms with van der Waals surface area (Å²) in [6, 6.07) is 5.15. The quantitative estimate of drug-likeness (QED) is 0.780. The van der Waals surface area contributed by atoms with Gasteiger partial charge in [0.1, 0.15) is 12.4 Å². The van der Waals surface area contributed by atoms with Crippen molar-refractivity contribution in [2.24, 2.45) is 0 Å². The number of amides is 1. The van der Waals surface area contributed by atoms with Crippen molar-refractivity contribution in [2.75, 3.05) is 30.5 Å². The fraction of sp³-hybridized carbons (Fsp3) is 0.500. The van der Waals surface area contributed by atoms with Crippen molar-refractivity contribution >= 4 is 23.2 Å². The van der Waals surface area contributed by atoms with Gasteiger partial charge in [0.15, 0.2) is 0 Å². The summed E-state index contributed by atoms with van der Waals surface area (Å²) in [5.41, 5.74) is 8.53. The van der Waals surface area contributed by atoms with Crippen LogP contribution in [0, 0.1) is 0 Å². The first-order chi connectivity index (χ1) is 9.22. The van der Waals surface area contributed by atoms with E-state index in [0.29, 0.717) is 18.1 Å². The van der Waals surface area contributed by atoms with Crippen molar-refractivity contribution in [3.05, 3.63) is 23.8 Å². The monoisotopic (exact) mass is 281 g/mol. The molecule has 1 N–H and O–H groups in total. The van der Waals surface area contributed by atoms with E-state index in [1.807, 2.05) is 0 Å². The zero-order valence-electron chi connectivity index (χ0n) is 10.8. The molecule has 1 fully saturated rings. The topological polar surface area (TPSA) is 53.3 Å². The van der Waals surface area contributed by atoms with Crippen molar-refractivity contribution in [1.82, 2.24) is 5.73 Å². The van der Waals surface area contributed by atoms with Crippen molar-refractivity contribution < 1.29 is 9.53 Å². The molecule has 4 nitrogen and oxygen atoms in total. The van der Waals surface area contributed by atoms with Gasteiger partial charge in [0, 0.05) is 18.7 Å². The first kappa shape index (κ1) is 14.0. The molecule has 1 aliphatic heterocycles. The molecule has 103 valence electrons. The maximum Gasteiger partial charge on any atom is 0.269 e. The summed E-state index contributed by atoms with van der Waals surface area (Å²) in [4.78, 5) is 13.4. The van der Waals surface area contributed by atoms with Crippen LogP contribution in [-0.2, 0) is 0 Å². The molecule has 0 aliphatic carbocycles. The average Bonchev–Trinajstić information content (AvgIpc) is 2.45. The van der Waals surface area contributed by atoms with Gasteiger partial charge in [0.25, 0.3) is 5.91 Å². The Morgan fingerprint density at radius 3 is 2.68 bits per heavy atom. The summed E-state index contributed by atoms with van der Waals surface area (Å²) >= 11 is 5.65. The number of hydrogen-bond donors (Lipinski definition) is 0. The van der Waals surface area contributed by atoms with Crippen molar-refractivity contribution in [3.8, 4) is 5.75 Å². The van der Waals surface area contributed by atoms with E-state index in [1.165, 1.54) is 6.42 Å². The standard InChI is InChI=1S/C14H18ClN2O2/c15-6-9-19-13-5-4-11(14(16)18)10-12(13)17-7-2-1-3-8-17/h4-5,10,16H,1-3,6-9H2. The summed E-state index contributed by atoms with van der Waals surface area (Å²) in [6.45, 7) is 2.37. The van der Waals surface area contributed by atoms with Gasteiger partial charge in [-0.05, 0) is 37.5 Å². The average molecular weight is 282 g/mol. The van der Waals surface area contributed by atoms with Crippen LogP contribution < -0.4 is 15.4 Å². The van der Waals surface area contributed by atoms with E-state index < -0.39 is 5.91 Å². The highest BCUT2D eigenvalue weighted by Crippen LogP contribution is 2.31. The molecule has 0 aromatic heterocycles. The molecule has 0 saturated carbocycles. The van der Waals surface area contributed by atoms with E-state index in [-0.39, 0.29) is 0 Å². The molecular weight excluding hydrogens is 264 g/mol. The fourth-order valence-corrected chi connectivity index (χ4v) is 2.39. The van der Waals surface area contributed by atoms with Crippen LogP contribution in [0.25, 0.3) is 0 Å². The number of carbonyl (C=O) groups is 1. The van der Waals surface area contributed by atoms with Crippen molar-refractivity contribution in [3.63, 3.8) is 0 Å². The lowest BCUT2D eigenvalue weighted by Crippen LogP contribution is -2.30. The number of nitrogens with zero attached hydrogens (tertiary/aromatic N) is 1. The highest BCUT2D eigenvalue weighted by atomic mass is 35.5. The van der Waals surface area contributed by atoms with Crippen molar-refractivity contribution in [2.45, 2.75) is 19.3 Å². The van der Waals surface area contributed by atoms with Gasteiger partial charge in [0.2, 0.25) is 0 Å². The normalized spacial score (nSPS) is 15.3. The number of hydrogen-bond acceptors (Lipinski definition) is 3. The molecule has 1 heterocycles. The minimum Gasteiger partial charge on any atom is -0.490 e. The first-order valence-electron chi connectivity index (χ1n) is 6.56. The molecule has 0 unspecified atom stereocenters. The van der Waals surface area contributed by atoms with Gasteiger partial charge in [-0.25, -0.2) is 0 Å². The van der Waals surface area contributed by atoms with Gasteiger partial charge >= 0.3 is 0 Å². The number of ether oxygens (including phenoxy) is 1. The van der Waals surface area contributed by atoms with Crippen LogP contribution in [-0.4, -0.2) is 31.5 Å². The molecule has 1 amide bonds. The Morgan fingerprint density at radius 1 is 1.32 bits per heavy atom. The van der Waals surface area contributed by atoms with Gasteiger partial charge < -0.3 is 9.64 Å². The van der Waals surface area contributed by atoms with Crippen LogP contribution in [0.4, 0.5) is 5.69 Å². The highest BCUT2D eigenvalue weighted by Gasteiger charge is 2.17. The smallest absolute Gasteiger partial charge is 0.269 e. The van der Waals surface area contributed by atoms with Crippen molar-refractivity contribution in [1.29, 1.82) is 0 Å². The maximum atomic E-state index is 11.2. The lowest BCUT2D eigenvalue weighted by Gasteiger charge is -2.30. The fourth-order valence-electron chi connectivity index (χ4n) is 2.31. The molecule has 0 atom stereocenters. The SMILES string of the molecule is [NH]C(=O)c1ccc(OCCCl)c(N2CCCCC2)c1. The zero-order valence-corrected chi connectivity index (χ0v) is 11.6. The number of anilines is 1. The summed E-state index contributed by atoms with van der Waals surface area (Å²) in [5, 5.41) is 0. The maximum absolute atomic E-state index is 11.2. The molecule has 1 radical (unpaired) electrons. The highest BCUT2D eigenvalue weighted by molar-refractivity contribution is 6.18. The molecule has 0 spiro atoms. The number of piperidine rings is 1. The van der Waals surface area contributed by atoms with Crippen LogP contribution >= 0.6 is 11.6 Å². The number of benzene rings is 1. The van der Waals surface area contributed by atoms with E-state index >= 15 is 0 Å². The van der Waals surface area contributed by atoms with Crippen LogP contribution in [0.3, 0.4) is 0 Å². The molecule has 2 rings (SSSR count). The molecule has 1 aromatic carbocycles. The Kier molecular flexibility index (Phi) is 4.91. The Morgan fingerprint density at radius 2 is 2.05 bits per heavy atom. The minimum atomic E-state index is -0.665. The van der Waals surface area contributed by atoms with Gasteiger partial charge in [-0.1, -0.05) is 0 Å². The summed E-state index contributed by atoms with van der Waals surface area (Å²) < 4.78 is 5.63. The second-order valence-electron chi connectivity index (χ2n) is 4.60. The Balaban J connectivity index is 2.28. The summed E-state index contributed by atoms with van der Waals surface area (Å²) in [6.07, 6.45) is 3.54. The predicted octanol–water partition coefficient (Wildman–Crippen LogP) is 2.72. The molecule has 5 heteroatoms. The number of halogens is 1. The van der Waals surface area contributed by atoms with Crippen LogP contribution in [0.1, 0.15) is 29.6 Å². The second-order valence-corrected chi connectivity index (χ2v) is 4.97. The van der Waals surface area contributed by atoms with E-state index in [1.54, 1.807) is 18.2 Å². The Bertz CT molecular complexity index is 445. The van der Waals surface area contributed by atoms with Gasteiger partial charge in [-0.2, -0.15) is 0 Å². The lowest BCUT2D eigenvalue weighted by molar-refractivity contribution is 0.0992. The third-order valence-corrected chi connectivity index (χ3v) is 3.41. The number of rotatable bonds is 5. The Labute approximate surface area is 118 Å². The summed E-state index contributed by atoms with van der Waals surface area (Å²) in [5.74, 6) is 0.508. The van der Waals surface area contributed by atoms with E-state index in [4.69, 9.17) is 22.1 Å². The van der Waals surface area contributed by atoms with E-state index in [2.05, 4.69) is 4.90 Å². The van der Waals surface area contributed by atoms with Gasteiger partial charge in [0.05, 0.1) is 11.6 Å². The molecule has 1 aliphatic rings. The van der Waals surface area contributed by atoms with E-state index in [0.717, 1.165) is 37.4 Å². The van der Waals surface area contributed by atoms with Gasteiger partial charge in [-0.3, -0.25) is 10.5 Å². The largest absolute Gasteiger partial charge is 0.490 e. The Hall–Kier alpha value is -1.42. The molecule has 1 aromatic rings. The summed E-state index contributed by atoms with van der Waals surface area (Å²) in [7, 11) is 0. The predicted molar refractivity (Wildman–Crippen MR) is 76.1 cm³/mol. The first-order valence-corrected chi connectivity index (χ1v) is 7.09. The second kappa shape index (κ2) is 6.66. The van der Waals surface area contributed by atoms with Crippen LogP contribution in [0.15, 0.2) is 18.2 Å². The molecule has 0 bridgehead atoms. The van der Waals surface area contributed by atoms with Gasteiger partial charge in [-0.15, -0.1) is 11.6 Å². The third-order valence-electron chi connectivity index (χ3n) is 3.25. The lowest BCUT2D eigenvalue weighted by atomic mass is 10.1. The zero-order chi connectivity index (χ0) is 13.7. The number of carbonyl (C=O) groups excluding carboxylic acids is 1. The minimum absolute atomic E-state index is 0.402. The van der Waals surface area contributed by atoms with Crippen LogP contribution in [0.2, 0.25) is 0 Å². The van der Waals surface area contributed by atoms with Crippen LogP contribution in [0.5, 0.6) is 5.75 Å². The third kappa shape index (κ3) is 3.53. The molecule has 1 saturated heterocycles.